The van der Waals surface area contributed by atoms with Gasteiger partial charge in [-0.3, -0.25) is 10.0 Å². The van der Waals surface area contributed by atoms with Crippen LogP contribution in [0.4, 0.5) is 0 Å². The first-order valence-corrected chi connectivity index (χ1v) is 10.7. The molecule has 0 spiro atoms. The Labute approximate surface area is 173 Å². The van der Waals surface area contributed by atoms with E-state index in [1.54, 1.807) is 6.07 Å². The minimum atomic E-state index is -4.07. The number of hydrogen-bond donors (Lipinski definition) is 3. The van der Waals surface area contributed by atoms with Gasteiger partial charge in [0.15, 0.2) is 0 Å². The van der Waals surface area contributed by atoms with E-state index in [9.17, 15) is 18.3 Å². The van der Waals surface area contributed by atoms with Gasteiger partial charge in [0, 0.05) is 17.1 Å². The number of carbonyl (C=O) groups excluding carboxylic acids is 1. The minimum Gasteiger partial charge on any atom is -0.489 e. The average molecular weight is 441 g/mol. The van der Waals surface area contributed by atoms with E-state index in [1.807, 2.05) is 18.2 Å². The van der Waals surface area contributed by atoms with Crippen LogP contribution in [0.2, 0.25) is 5.02 Å². The van der Waals surface area contributed by atoms with E-state index < -0.39 is 28.1 Å². The molecule has 10 heteroatoms. The fourth-order valence-corrected chi connectivity index (χ4v) is 4.99. The van der Waals surface area contributed by atoms with Crippen molar-refractivity contribution in [3.63, 3.8) is 0 Å². The highest BCUT2D eigenvalue weighted by atomic mass is 35.5. The number of amides is 1. The van der Waals surface area contributed by atoms with Crippen LogP contribution in [0.5, 0.6) is 5.75 Å². The minimum absolute atomic E-state index is 0.0487. The SMILES string of the molecule is O=C(NO)[C@H]1CC[C@@H](O)CN1S(=O)(=O)c1ccc(OCc2ccccc2Cl)cc1. The van der Waals surface area contributed by atoms with Gasteiger partial charge in [-0.25, -0.2) is 13.9 Å². The van der Waals surface area contributed by atoms with E-state index in [4.69, 9.17) is 21.5 Å². The van der Waals surface area contributed by atoms with Crippen molar-refractivity contribution in [1.29, 1.82) is 0 Å². The van der Waals surface area contributed by atoms with Crippen LogP contribution in [-0.4, -0.2) is 47.6 Å². The lowest BCUT2D eigenvalue weighted by atomic mass is 10.0. The van der Waals surface area contributed by atoms with Gasteiger partial charge in [0.2, 0.25) is 10.0 Å². The van der Waals surface area contributed by atoms with Crippen molar-refractivity contribution in [2.45, 2.75) is 36.5 Å². The van der Waals surface area contributed by atoms with Gasteiger partial charge in [-0.1, -0.05) is 29.8 Å². The van der Waals surface area contributed by atoms with Gasteiger partial charge in [0.05, 0.1) is 11.0 Å². The number of benzene rings is 2. The molecule has 2 atom stereocenters. The lowest BCUT2D eigenvalue weighted by Crippen LogP contribution is -2.54. The summed E-state index contributed by atoms with van der Waals surface area (Å²) < 4.78 is 32.5. The number of halogens is 1. The Kier molecular flexibility index (Phi) is 6.76. The summed E-state index contributed by atoms with van der Waals surface area (Å²) >= 11 is 6.09. The maximum atomic E-state index is 13.0. The van der Waals surface area contributed by atoms with Crippen molar-refractivity contribution in [3.05, 3.63) is 59.1 Å². The third-order valence-corrected chi connectivity index (χ3v) is 6.96. The van der Waals surface area contributed by atoms with Crippen LogP contribution < -0.4 is 10.2 Å². The molecule has 0 aromatic heterocycles. The first kappa shape index (κ1) is 21.5. The molecule has 0 unspecified atom stereocenters. The van der Waals surface area contributed by atoms with Gasteiger partial charge in [0.1, 0.15) is 18.4 Å². The molecule has 1 aliphatic rings. The van der Waals surface area contributed by atoms with Crippen molar-refractivity contribution in [3.8, 4) is 5.75 Å². The number of aliphatic hydroxyl groups is 1. The first-order chi connectivity index (χ1) is 13.8. The number of hydroxylamine groups is 1. The summed E-state index contributed by atoms with van der Waals surface area (Å²) in [5, 5.41) is 19.4. The zero-order valence-electron chi connectivity index (χ0n) is 15.4. The number of piperidine rings is 1. The van der Waals surface area contributed by atoms with Crippen molar-refractivity contribution in [2.24, 2.45) is 0 Å². The second-order valence-electron chi connectivity index (χ2n) is 6.65. The van der Waals surface area contributed by atoms with E-state index >= 15 is 0 Å². The summed E-state index contributed by atoms with van der Waals surface area (Å²) in [6.45, 7) is -0.00594. The molecule has 1 amide bonds. The van der Waals surface area contributed by atoms with Crippen LogP contribution in [0.3, 0.4) is 0 Å². The Morgan fingerprint density at radius 2 is 1.86 bits per heavy atom. The standard InChI is InChI=1S/C19H21ClN2O6S/c20-17-4-2-1-3-13(17)12-28-15-6-8-16(9-7-15)29(26,27)22-11-14(23)5-10-18(22)19(24)21-25/h1-4,6-9,14,18,23,25H,5,10-12H2,(H,21,24)/t14-,18-/m1/s1. The molecule has 3 rings (SSSR count). The number of β-amino-alcohol motifs (C(OH)–C–C–N with tert-alkyl or cyclic N) is 1. The molecule has 3 N–H and O–H groups in total. The lowest BCUT2D eigenvalue weighted by Gasteiger charge is -2.35. The molecule has 1 fully saturated rings. The van der Waals surface area contributed by atoms with Crippen LogP contribution in [0.1, 0.15) is 18.4 Å². The molecule has 156 valence electrons. The number of ether oxygens (including phenoxy) is 1. The van der Waals surface area contributed by atoms with Gasteiger partial charge in [0.25, 0.3) is 5.91 Å². The maximum Gasteiger partial charge on any atom is 0.261 e. The third kappa shape index (κ3) is 4.88. The zero-order chi connectivity index (χ0) is 21.0. The van der Waals surface area contributed by atoms with E-state index in [0.29, 0.717) is 10.8 Å². The van der Waals surface area contributed by atoms with Gasteiger partial charge < -0.3 is 9.84 Å². The zero-order valence-corrected chi connectivity index (χ0v) is 16.9. The smallest absolute Gasteiger partial charge is 0.261 e. The Bertz CT molecular complexity index is 967. The van der Waals surface area contributed by atoms with Gasteiger partial charge in [-0.15, -0.1) is 0 Å². The van der Waals surface area contributed by atoms with Gasteiger partial charge in [-0.2, -0.15) is 4.31 Å². The van der Waals surface area contributed by atoms with Gasteiger partial charge in [-0.05, 0) is 43.2 Å². The van der Waals surface area contributed by atoms with Crippen molar-refractivity contribution in [1.82, 2.24) is 9.79 Å². The third-order valence-electron chi connectivity index (χ3n) is 4.71. The molecule has 2 aromatic carbocycles. The number of nitrogens with one attached hydrogen (secondary N) is 1. The molecular weight excluding hydrogens is 420 g/mol. The average Bonchev–Trinajstić information content (AvgIpc) is 2.73. The number of aliphatic hydroxyl groups excluding tert-OH is 1. The summed E-state index contributed by atoms with van der Waals surface area (Å²) in [5.41, 5.74) is 2.29. The highest BCUT2D eigenvalue weighted by molar-refractivity contribution is 7.89. The highest BCUT2D eigenvalue weighted by Crippen LogP contribution is 2.27. The summed E-state index contributed by atoms with van der Waals surface area (Å²) in [5.74, 6) is -0.382. The second kappa shape index (κ2) is 9.10. The Morgan fingerprint density at radius 1 is 1.17 bits per heavy atom. The van der Waals surface area contributed by atoms with E-state index in [-0.39, 0.29) is 30.9 Å². The lowest BCUT2D eigenvalue weighted by molar-refractivity contribution is -0.135. The molecule has 29 heavy (non-hydrogen) atoms. The van der Waals surface area contributed by atoms with Crippen LogP contribution in [-0.2, 0) is 21.4 Å². The monoisotopic (exact) mass is 440 g/mol. The molecule has 2 aromatic rings. The fourth-order valence-electron chi connectivity index (χ4n) is 3.14. The normalized spacial score (nSPS) is 20.2. The molecule has 0 radical (unpaired) electrons. The van der Waals surface area contributed by atoms with Crippen molar-refractivity contribution >= 4 is 27.5 Å². The molecule has 1 heterocycles. The molecule has 8 nitrogen and oxygen atoms in total. The molecular formula is C19H21ClN2O6S. The van der Waals surface area contributed by atoms with Crippen LogP contribution in [0.15, 0.2) is 53.4 Å². The Hall–Kier alpha value is -2.17. The molecule has 1 saturated heterocycles. The van der Waals surface area contributed by atoms with Crippen molar-refractivity contribution in [2.75, 3.05) is 6.54 Å². The van der Waals surface area contributed by atoms with Crippen LogP contribution in [0.25, 0.3) is 0 Å². The molecule has 0 saturated carbocycles. The summed E-state index contributed by atoms with van der Waals surface area (Å²) in [4.78, 5) is 11.8. The molecule has 0 bridgehead atoms. The van der Waals surface area contributed by atoms with Crippen LogP contribution >= 0.6 is 11.6 Å². The number of hydrogen-bond acceptors (Lipinski definition) is 6. The molecule has 1 aliphatic heterocycles. The van der Waals surface area contributed by atoms with E-state index in [1.165, 1.54) is 29.7 Å². The highest BCUT2D eigenvalue weighted by Gasteiger charge is 2.40. The number of rotatable bonds is 6. The number of carbonyl (C=O) groups is 1. The number of nitrogens with zero attached hydrogens (tertiary/aromatic N) is 1. The van der Waals surface area contributed by atoms with E-state index in [0.717, 1.165) is 9.87 Å². The first-order valence-electron chi connectivity index (χ1n) is 8.93. The quantitative estimate of drug-likeness (QED) is 0.467. The fraction of sp³-hybridized carbons (Fsp3) is 0.316. The van der Waals surface area contributed by atoms with Gasteiger partial charge >= 0.3 is 0 Å². The summed E-state index contributed by atoms with van der Waals surface area (Å²) in [6, 6.07) is 11.9. The Morgan fingerprint density at radius 3 is 2.52 bits per heavy atom. The molecule has 0 aliphatic carbocycles. The Balaban J connectivity index is 1.76. The van der Waals surface area contributed by atoms with Crippen LogP contribution in [0, 0.1) is 0 Å². The predicted octanol–water partition coefficient (Wildman–Crippen LogP) is 1.94. The predicted molar refractivity (Wildman–Crippen MR) is 105 cm³/mol. The summed E-state index contributed by atoms with van der Waals surface area (Å²) in [7, 11) is -4.07. The largest absolute Gasteiger partial charge is 0.489 e. The summed E-state index contributed by atoms with van der Waals surface area (Å²) in [6.07, 6.45) is -0.518. The van der Waals surface area contributed by atoms with Crippen molar-refractivity contribution < 1.29 is 28.3 Å². The maximum absolute atomic E-state index is 13.0. The van der Waals surface area contributed by atoms with E-state index in [2.05, 4.69) is 0 Å². The number of sulfonamides is 1. The second-order valence-corrected chi connectivity index (χ2v) is 8.95. The topological polar surface area (TPSA) is 116 Å².